The highest BCUT2D eigenvalue weighted by Crippen LogP contribution is 2.12. The maximum absolute atomic E-state index is 12.3. The zero-order valence-electron chi connectivity index (χ0n) is 15.8. The molecule has 0 heterocycles. The number of halogens is 1. The number of ketones is 1. The van der Waals surface area contributed by atoms with Gasteiger partial charge in [-0.3, -0.25) is 4.79 Å². The summed E-state index contributed by atoms with van der Waals surface area (Å²) >= 11 is 0. The molecule has 4 N–H and O–H groups in total. The van der Waals surface area contributed by atoms with Crippen LogP contribution in [0.4, 0.5) is 0 Å². The van der Waals surface area contributed by atoms with Crippen molar-refractivity contribution in [1.29, 1.82) is 0 Å². The highest BCUT2D eigenvalue weighted by molar-refractivity contribution is 5.88. The lowest BCUT2D eigenvalue weighted by molar-refractivity contribution is -0.121. The molecule has 0 aliphatic heterocycles. The van der Waals surface area contributed by atoms with Crippen LogP contribution in [0.1, 0.15) is 76.7 Å². The minimum absolute atomic E-state index is 0. The second-order valence-electron chi connectivity index (χ2n) is 6.92. The van der Waals surface area contributed by atoms with Crippen molar-refractivity contribution in [3.63, 3.8) is 0 Å². The molecule has 0 fully saturated rings. The molecule has 4 heteroatoms. The molecule has 3 nitrogen and oxygen atoms in total. The maximum Gasteiger partial charge on any atom is 0.166 e. The lowest BCUT2D eigenvalue weighted by atomic mass is 9.95. The van der Waals surface area contributed by atoms with E-state index in [0.29, 0.717) is 6.42 Å². The molecule has 0 aliphatic rings. The molecule has 2 atom stereocenters. The number of carbonyl (C=O) groups excluding carboxylic acids is 1. The van der Waals surface area contributed by atoms with Crippen LogP contribution in [0.25, 0.3) is 0 Å². The van der Waals surface area contributed by atoms with Crippen molar-refractivity contribution in [2.24, 2.45) is 11.5 Å². The monoisotopic (exact) mass is 368 g/mol. The van der Waals surface area contributed by atoms with Crippen molar-refractivity contribution >= 4 is 18.2 Å². The Morgan fingerprint density at radius 1 is 0.840 bits per heavy atom. The summed E-state index contributed by atoms with van der Waals surface area (Å²) in [6, 6.07) is 9.00. The fourth-order valence-corrected chi connectivity index (χ4v) is 3.06. The predicted molar refractivity (Wildman–Crippen MR) is 110 cm³/mol. The Kier molecular flexibility index (Phi) is 14.8. The zero-order valence-corrected chi connectivity index (χ0v) is 16.6. The molecule has 144 valence electrons. The van der Waals surface area contributed by atoms with E-state index >= 15 is 0 Å². The van der Waals surface area contributed by atoms with Gasteiger partial charge in [0.2, 0.25) is 0 Å². The molecule has 1 rings (SSSR count). The van der Waals surface area contributed by atoms with E-state index < -0.39 is 12.1 Å². The summed E-state index contributed by atoms with van der Waals surface area (Å²) in [6.07, 6.45) is 12.8. The molecule has 0 spiro atoms. The van der Waals surface area contributed by atoms with E-state index in [4.69, 9.17) is 11.5 Å². The van der Waals surface area contributed by atoms with Crippen LogP contribution >= 0.6 is 12.4 Å². The third-order valence-corrected chi connectivity index (χ3v) is 4.65. The predicted octanol–water partition coefficient (Wildman–Crippen LogP) is 4.80. The third kappa shape index (κ3) is 11.4. The molecular weight excluding hydrogens is 332 g/mol. The topological polar surface area (TPSA) is 69.1 Å². The SMILES string of the molecule is CCCCCCCCCCCC(N)C(=O)[C@@H](N)Cc1ccccc1.Cl. The van der Waals surface area contributed by atoms with Crippen LogP contribution in [0.2, 0.25) is 0 Å². The van der Waals surface area contributed by atoms with Crippen LogP contribution in [-0.2, 0) is 11.2 Å². The summed E-state index contributed by atoms with van der Waals surface area (Å²) in [4.78, 5) is 12.3. The summed E-state index contributed by atoms with van der Waals surface area (Å²) in [6.45, 7) is 2.25. The first kappa shape index (κ1) is 24.1. The molecule has 0 aromatic heterocycles. The molecule has 0 amide bonds. The molecule has 1 aromatic rings. The Hall–Kier alpha value is -0.900. The number of unbranched alkanes of at least 4 members (excludes halogenated alkanes) is 8. The number of Topliss-reactive ketones (excluding diaryl/α,β-unsaturated/α-hetero) is 1. The molecule has 0 bridgehead atoms. The van der Waals surface area contributed by atoms with Crippen molar-refractivity contribution < 1.29 is 4.79 Å². The van der Waals surface area contributed by atoms with Gasteiger partial charge in [0.1, 0.15) is 0 Å². The standard InChI is InChI=1S/C21H36N2O.ClH/c1-2-3-4-5-6-7-8-9-13-16-19(22)21(24)20(23)17-18-14-11-10-12-15-18;/h10-12,14-15,19-20H,2-9,13,16-17,22-23H2,1H3;1H/t19?,20-;/m0./s1. The van der Waals surface area contributed by atoms with Crippen LogP contribution in [0.15, 0.2) is 30.3 Å². The smallest absolute Gasteiger partial charge is 0.166 e. The highest BCUT2D eigenvalue weighted by atomic mass is 35.5. The van der Waals surface area contributed by atoms with Crippen molar-refractivity contribution in [2.45, 2.75) is 89.6 Å². The van der Waals surface area contributed by atoms with Gasteiger partial charge < -0.3 is 11.5 Å². The molecule has 1 aromatic carbocycles. The minimum Gasteiger partial charge on any atom is -0.321 e. The van der Waals surface area contributed by atoms with Crippen molar-refractivity contribution in [2.75, 3.05) is 0 Å². The van der Waals surface area contributed by atoms with E-state index in [1.54, 1.807) is 0 Å². The van der Waals surface area contributed by atoms with Crippen LogP contribution in [0.3, 0.4) is 0 Å². The van der Waals surface area contributed by atoms with E-state index in [-0.39, 0.29) is 18.2 Å². The fraction of sp³-hybridized carbons (Fsp3) is 0.667. The Bertz CT molecular complexity index is 439. The van der Waals surface area contributed by atoms with Gasteiger partial charge in [0.15, 0.2) is 5.78 Å². The van der Waals surface area contributed by atoms with Gasteiger partial charge in [0.25, 0.3) is 0 Å². The summed E-state index contributed by atoms with van der Waals surface area (Å²) < 4.78 is 0. The average Bonchev–Trinajstić information content (AvgIpc) is 2.60. The lowest BCUT2D eigenvalue weighted by Crippen LogP contribution is -2.44. The van der Waals surface area contributed by atoms with Gasteiger partial charge in [0, 0.05) is 0 Å². The molecule has 0 radical (unpaired) electrons. The Labute approximate surface area is 160 Å². The normalized spacial score (nSPS) is 13.1. The Morgan fingerprint density at radius 3 is 1.92 bits per heavy atom. The van der Waals surface area contributed by atoms with E-state index in [1.807, 2.05) is 30.3 Å². The molecule has 25 heavy (non-hydrogen) atoms. The summed E-state index contributed by atoms with van der Waals surface area (Å²) in [5.74, 6) is -0.00146. The molecule has 0 aliphatic carbocycles. The molecule has 1 unspecified atom stereocenters. The first-order chi connectivity index (χ1) is 11.6. The van der Waals surface area contributed by atoms with Crippen molar-refractivity contribution in [1.82, 2.24) is 0 Å². The van der Waals surface area contributed by atoms with E-state index in [9.17, 15) is 4.79 Å². The number of carbonyl (C=O) groups is 1. The summed E-state index contributed by atoms with van der Waals surface area (Å²) in [5.41, 5.74) is 13.2. The zero-order chi connectivity index (χ0) is 17.6. The van der Waals surface area contributed by atoms with E-state index in [1.165, 1.54) is 51.4 Å². The van der Waals surface area contributed by atoms with Crippen LogP contribution in [-0.4, -0.2) is 17.9 Å². The average molecular weight is 369 g/mol. The van der Waals surface area contributed by atoms with Gasteiger partial charge in [-0.25, -0.2) is 0 Å². The van der Waals surface area contributed by atoms with Gasteiger partial charge in [-0.1, -0.05) is 95.0 Å². The summed E-state index contributed by atoms with van der Waals surface area (Å²) in [7, 11) is 0. The molecular formula is C21H37ClN2O. The number of benzene rings is 1. The van der Waals surface area contributed by atoms with Crippen LogP contribution < -0.4 is 11.5 Å². The van der Waals surface area contributed by atoms with Crippen LogP contribution in [0.5, 0.6) is 0 Å². The third-order valence-electron chi connectivity index (χ3n) is 4.65. The van der Waals surface area contributed by atoms with Crippen molar-refractivity contribution in [3.8, 4) is 0 Å². The second-order valence-corrected chi connectivity index (χ2v) is 6.92. The van der Waals surface area contributed by atoms with Gasteiger partial charge >= 0.3 is 0 Å². The second kappa shape index (κ2) is 15.4. The van der Waals surface area contributed by atoms with Crippen molar-refractivity contribution in [3.05, 3.63) is 35.9 Å². The summed E-state index contributed by atoms with van der Waals surface area (Å²) in [5, 5.41) is 0. The first-order valence-corrected chi connectivity index (χ1v) is 9.74. The quantitative estimate of drug-likeness (QED) is 0.463. The van der Waals surface area contributed by atoms with Gasteiger partial charge in [0.05, 0.1) is 12.1 Å². The number of rotatable bonds is 14. The molecule has 0 saturated heterocycles. The first-order valence-electron chi connectivity index (χ1n) is 9.74. The molecule has 0 saturated carbocycles. The van der Waals surface area contributed by atoms with Gasteiger partial charge in [-0.15, -0.1) is 12.4 Å². The Balaban J connectivity index is 0.00000576. The lowest BCUT2D eigenvalue weighted by Gasteiger charge is -2.16. The van der Waals surface area contributed by atoms with Gasteiger partial charge in [-0.05, 0) is 18.4 Å². The fourth-order valence-electron chi connectivity index (χ4n) is 3.06. The number of nitrogens with two attached hydrogens (primary N) is 2. The van der Waals surface area contributed by atoms with E-state index in [2.05, 4.69) is 6.92 Å². The largest absolute Gasteiger partial charge is 0.321 e. The highest BCUT2D eigenvalue weighted by Gasteiger charge is 2.20. The van der Waals surface area contributed by atoms with Gasteiger partial charge in [-0.2, -0.15) is 0 Å². The number of hydrogen-bond acceptors (Lipinski definition) is 3. The Morgan fingerprint density at radius 2 is 1.36 bits per heavy atom. The minimum atomic E-state index is -0.485. The van der Waals surface area contributed by atoms with Crippen LogP contribution in [0, 0.1) is 0 Å². The number of hydrogen-bond donors (Lipinski definition) is 2. The maximum atomic E-state index is 12.3. The van der Waals surface area contributed by atoms with E-state index in [0.717, 1.165) is 18.4 Å².